The van der Waals surface area contributed by atoms with Crippen molar-refractivity contribution >= 4 is 11.4 Å². The van der Waals surface area contributed by atoms with Crippen LogP contribution in [0.2, 0.25) is 0 Å². The summed E-state index contributed by atoms with van der Waals surface area (Å²) in [5, 5.41) is 13.8. The zero-order chi connectivity index (χ0) is 14.9. The lowest BCUT2D eigenvalue weighted by molar-refractivity contribution is -0.384. The van der Waals surface area contributed by atoms with Gasteiger partial charge >= 0.3 is 0 Å². The smallest absolute Gasteiger partial charge is 0.295 e. The molecule has 1 N–H and O–H groups in total. The lowest BCUT2D eigenvalue weighted by Gasteiger charge is -2.35. The van der Waals surface area contributed by atoms with Crippen molar-refractivity contribution in [2.45, 2.75) is 39.2 Å². The predicted molar refractivity (Wildman–Crippen MR) is 72.6 cm³/mol. The minimum Gasteiger partial charge on any atom is -0.374 e. The average Bonchev–Trinajstić information content (AvgIpc) is 2.40. The van der Waals surface area contributed by atoms with E-state index in [0.29, 0.717) is 5.92 Å². The molecule has 20 heavy (non-hydrogen) atoms. The summed E-state index contributed by atoms with van der Waals surface area (Å²) in [6.45, 7) is 4.14. The Morgan fingerprint density at radius 3 is 2.65 bits per heavy atom. The molecule has 0 spiro atoms. The largest absolute Gasteiger partial charge is 0.374 e. The maximum atomic E-state index is 13.9. The molecule has 6 heteroatoms. The molecule has 0 amide bonds. The maximum Gasteiger partial charge on any atom is 0.295 e. The van der Waals surface area contributed by atoms with Crippen molar-refractivity contribution in [1.29, 1.82) is 0 Å². The number of nitro groups is 1. The standard InChI is InChI=1S/C14H18F2N2O2/c1-8-4-3-5-11(9(8)2)17-14-12(18(19)20)7-6-10(15)13(14)16/h6-9,11,17H,3-5H2,1-2H3. The molecule has 110 valence electrons. The van der Waals surface area contributed by atoms with Crippen LogP contribution in [0, 0.1) is 33.6 Å². The topological polar surface area (TPSA) is 55.2 Å². The molecule has 0 radical (unpaired) electrons. The van der Waals surface area contributed by atoms with Gasteiger partial charge < -0.3 is 5.32 Å². The molecule has 0 heterocycles. The zero-order valence-corrected chi connectivity index (χ0v) is 11.5. The number of rotatable bonds is 3. The van der Waals surface area contributed by atoms with E-state index in [1.165, 1.54) is 0 Å². The van der Waals surface area contributed by atoms with E-state index in [1.54, 1.807) is 0 Å². The predicted octanol–water partition coefficient (Wildman–Crippen LogP) is 4.11. The molecule has 0 saturated heterocycles. The molecule has 0 bridgehead atoms. The van der Waals surface area contributed by atoms with E-state index in [9.17, 15) is 18.9 Å². The molecule has 0 aliphatic heterocycles. The number of halogens is 2. The molecular weight excluding hydrogens is 266 g/mol. The second kappa shape index (κ2) is 5.73. The van der Waals surface area contributed by atoms with Crippen molar-refractivity contribution in [2.24, 2.45) is 11.8 Å². The fourth-order valence-corrected chi connectivity index (χ4v) is 2.80. The third kappa shape index (κ3) is 2.73. The average molecular weight is 284 g/mol. The first kappa shape index (κ1) is 14.7. The van der Waals surface area contributed by atoms with Crippen LogP contribution in [-0.4, -0.2) is 11.0 Å². The number of anilines is 1. The first-order valence-electron chi connectivity index (χ1n) is 6.80. The molecule has 1 aliphatic carbocycles. The molecule has 4 nitrogen and oxygen atoms in total. The fraction of sp³-hybridized carbons (Fsp3) is 0.571. The van der Waals surface area contributed by atoms with E-state index in [4.69, 9.17) is 0 Å². The summed E-state index contributed by atoms with van der Waals surface area (Å²) in [6.07, 6.45) is 2.87. The van der Waals surface area contributed by atoms with Crippen LogP contribution in [-0.2, 0) is 0 Å². The van der Waals surface area contributed by atoms with Gasteiger partial charge in [-0.25, -0.2) is 8.78 Å². The minimum absolute atomic E-state index is 0.0752. The third-order valence-corrected chi connectivity index (χ3v) is 4.31. The van der Waals surface area contributed by atoms with E-state index in [0.717, 1.165) is 31.4 Å². The summed E-state index contributed by atoms with van der Waals surface area (Å²) in [6, 6.07) is 1.71. The first-order valence-corrected chi connectivity index (χ1v) is 6.80. The Kier molecular flexibility index (Phi) is 4.20. The lowest BCUT2D eigenvalue weighted by Crippen LogP contribution is -2.35. The molecule has 1 fully saturated rings. The van der Waals surface area contributed by atoms with Crippen LogP contribution in [0.15, 0.2) is 12.1 Å². The Labute approximate surface area is 116 Å². The number of nitrogens with zero attached hydrogens (tertiary/aromatic N) is 1. The maximum absolute atomic E-state index is 13.9. The van der Waals surface area contributed by atoms with Gasteiger partial charge in [0.15, 0.2) is 17.3 Å². The van der Waals surface area contributed by atoms with Crippen molar-refractivity contribution in [3.05, 3.63) is 33.9 Å². The zero-order valence-electron chi connectivity index (χ0n) is 11.5. The summed E-state index contributed by atoms with van der Waals surface area (Å²) >= 11 is 0. The second-order valence-electron chi connectivity index (χ2n) is 5.53. The molecule has 2 rings (SSSR count). The molecule has 3 unspecified atom stereocenters. The summed E-state index contributed by atoms with van der Waals surface area (Å²) in [4.78, 5) is 10.3. The first-order chi connectivity index (χ1) is 9.41. The summed E-state index contributed by atoms with van der Waals surface area (Å²) < 4.78 is 27.2. The van der Waals surface area contributed by atoms with Crippen LogP contribution < -0.4 is 5.32 Å². The van der Waals surface area contributed by atoms with E-state index in [2.05, 4.69) is 12.2 Å². The second-order valence-corrected chi connectivity index (χ2v) is 5.53. The van der Waals surface area contributed by atoms with Gasteiger partial charge in [-0.2, -0.15) is 0 Å². The molecule has 1 aromatic carbocycles. The van der Waals surface area contributed by atoms with Crippen molar-refractivity contribution in [3.8, 4) is 0 Å². The fourth-order valence-electron chi connectivity index (χ4n) is 2.80. The quantitative estimate of drug-likeness (QED) is 0.671. The van der Waals surface area contributed by atoms with E-state index >= 15 is 0 Å². The van der Waals surface area contributed by atoms with Crippen LogP contribution in [0.5, 0.6) is 0 Å². The van der Waals surface area contributed by atoms with Gasteiger partial charge in [-0.15, -0.1) is 0 Å². The molecule has 0 aromatic heterocycles. The van der Waals surface area contributed by atoms with Gasteiger partial charge in [-0.1, -0.05) is 26.7 Å². The SMILES string of the molecule is CC1CCCC(Nc2c([N+](=O)[O-])ccc(F)c2F)C1C. The minimum atomic E-state index is -1.18. The molecule has 1 aliphatic rings. The van der Waals surface area contributed by atoms with Crippen molar-refractivity contribution < 1.29 is 13.7 Å². The van der Waals surface area contributed by atoms with Crippen LogP contribution in [0.3, 0.4) is 0 Å². The molecular formula is C14H18F2N2O2. The van der Waals surface area contributed by atoms with Gasteiger partial charge in [-0.05, 0) is 24.3 Å². The van der Waals surface area contributed by atoms with Gasteiger partial charge in [0.05, 0.1) is 4.92 Å². The number of nitrogens with one attached hydrogen (secondary N) is 1. The number of hydrogen-bond donors (Lipinski definition) is 1. The number of hydrogen-bond acceptors (Lipinski definition) is 3. The van der Waals surface area contributed by atoms with Gasteiger partial charge in [0.25, 0.3) is 5.69 Å². The van der Waals surface area contributed by atoms with E-state index in [1.807, 2.05) is 6.92 Å². The Bertz CT molecular complexity index is 522. The van der Waals surface area contributed by atoms with Crippen LogP contribution in [0.1, 0.15) is 33.1 Å². The molecule has 1 aromatic rings. The van der Waals surface area contributed by atoms with Crippen molar-refractivity contribution in [1.82, 2.24) is 0 Å². The number of benzene rings is 1. The highest BCUT2D eigenvalue weighted by Gasteiger charge is 2.30. The van der Waals surface area contributed by atoms with Gasteiger partial charge in [0.2, 0.25) is 0 Å². The van der Waals surface area contributed by atoms with Gasteiger partial charge in [0.1, 0.15) is 0 Å². The molecule has 1 saturated carbocycles. The Morgan fingerprint density at radius 2 is 2.00 bits per heavy atom. The van der Waals surface area contributed by atoms with E-state index in [-0.39, 0.29) is 17.6 Å². The van der Waals surface area contributed by atoms with Gasteiger partial charge in [-0.3, -0.25) is 10.1 Å². The lowest BCUT2D eigenvalue weighted by atomic mass is 9.78. The van der Waals surface area contributed by atoms with Crippen molar-refractivity contribution in [3.63, 3.8) is 0 Å². The van der Waals surface area contributed by atoms with Crippen LogP contribution in [0.4, 0.5) is 20.2 Å². The normalized spacial score (nSPS) is 26.3. The third-order valence-electron chi connectivity index (χ3n) is 4.31. The van der Waals surface area contributed by atoms with Crippen LogP contribution in [0.25, 0.3) is 0 Å². The van der Waals surface area contributed by atoms with E-state index < -0.39 is 22.2 Å². The Balaban J connectivity index is 2.32. The summed E-state index contributed by atoms with van der Waals surface area (Å²) in [7, 11) is 0. The Morgan fingerprint density at radius 1 is 1.30 bits per heavy atom. The van der Waals surface area contributed by atoms with Gasteiger partial charge in [0, 0.05) is 12.1 Å². The highest BCUT2D eigenvalue weighted by atomic mass is 19.2. The molecule has 3 atom stereocenters. The van der Waals surface area contributed by atoms with Crippen molar-refractivity contribution in [2.75, 3.05) is 5.32 Å². The number of nitro benzene ring substituents is 1. The summed E-state index contributed by atoms with van der Waals surface area (Å²) in [5.74, 6) is -1.54. The van der Waals surface area contributed by atoms with Crippen LogP contribution >= 0.6 is 0 Å². The summed E-state index contributed by atoms with van der Waals surface area (Å²) in [5.41, 5.74) is -0.754. The highest BCUT2D eigenvalue weighted by molar-refractivity contribution is 5.63. The highest BCUT2D eigenvalue weighted by Crippen LogP contribution is 2.35. The Hall–Kier alpha value is -1.72. The monoisotopic (exact) mass is 284 g/mol.